The van der Waals surface area contributed by atoms with Crippen molar-refractivity contribution in [1.82, 2.24) is 5.32 Å². The van der Waals surface area contributed by atoms with E-state index >= 15 is 0 Å². The van der Waals surface area contributed by atoms with Crippen molar-refractivity contribution >= 4 is 46.4 Å². The summed E-state index contributed by atoms with van der Waals surface area (Å²) in [7, 11) is 0. The van der Waals surface area contributed by atoms with Crippen LogP contribution in [0.1, 0.15) is 15.9 Å². The van der Waals surface area contributed by atoms with Gasteiger partial charge in [0, 0.05) is 17.7 Å². The lowest BCUT2D eigenvalue weighted by molar-refractivity contribution is -0.384. The Labute approximate surface area is 158 Å². The number of carbonyl (C=O) groups excluding carboxylic acids is 1. The van der Waals surface area contributed by atoms with Gasteiger partial charge in [0.1, 0.15) is 5.75 Å². The molecule has 2 aromatic carbocycles. The number of rotatable bonds is 5. The SMILES string of the molecule is Cc1ccccc1C(=O)N[C@@H](Oc1ccc([N+](=O)[O-])cc1)C(Cl)(Cl)Cl. The monoisotopic (exact) mass is 402 g/mol. The van der Waals surface area contributed by atoms with E-state index in [9.17, 15) is 14.9 Å². The predicted octanol–water partition coefficient (Wildman–Crippen LogP) is 4.41. The van der Waals surface area contributed by atoms with Crippen molar-refractivity contribution in [3.63, 3.8) is 0 Å². The second-order valence-electron chi connectivity index (χ2n) is 5.08. The molecule has 2 rings (SSSR count). The largest absolute Gasteiger partial charge is 0.466 e. The standard InChI is InChI=1S/C16H13Cl3N2O4/c1-10-4-2-3-5-13(10)14(22)20-15(16(17,18)19)25-12-8-6-11(7-9-12)21(23)24/h2-9,15H,1H3,(H,20,22)/t15-/m0/s1. The molecule has 0 spiro atoms. The maximum absolute atomic E-state index is 12.4. The first-order valence-corrected chi connectivity index (χ1v) is 8.16. The van der Waals surface area contributed by atoms with Crippen LogP contribution in [-0.4, -0.2) is 20.9 Å². The van der Waals surface area contributed by atoms with Crippen LogP contribution in [0.5, 0.6) is 5.75 Å². The number of non-ortho nitro benzene ring substituents is 1. The average Bonchev–Trinajstić information content (AvgIpc) is 2.54. The van der Waals surface area contributed by atoms with Crippen molar-refractivity contribution in [3.05, 3.63) is 69.8 Å². The summed E-state index contributed by atoms with van der Waals surface area (Å²) < 4.78 is 3.54. The third-order valence-corrected chi connectivity index (χ3v) is 3.85. The minimum Gasteiger partial charge on any atom is -0.466 e. The highest BCUT2D eigenvalue weighted by Gasteiger charge is 2.36. The van der Waals surface area contributed by atoms with Gasteiger partial charge in [-0.3, -0.25) is 14.9 Å². The lowest BCUT2D eigenvalue weighted by atomic mass is 10.1. The van der Waals surface area contributed by atoms with Gasteiger partial charge >= 0.3 is 0 Å². The molecule has 2 aromatic rings. The van der Waals surface area contributed by atoms with Crippen LogP contribution in [0.15, 0.2) is 48.5 Å². The van der Waals surface area contributed by atoms with Crippen molar-refractivity contribution in [1.29, 1.82) is 0 Å². The fourth-order valence-corrected chi connectivity index (χ4v) is 2.28. The Balaban J connectivity index is 2.18. The van der Waals surface area contributed by atoms with E-state index in [2.05, 4.69) is 5.32 Å². The molecule has 6 nitrogen and oxygen atoms in total. The number of nitrogens with one attached hydrogen (secondary N) is 1. The van der Waals surface area contributed by atoms with Crippen molar-refractivity contribution < 1.29 is 14.5 Å². The second-order valence-corrected chi connectivity index (χ2v) is 7.45. The Hall–Kier alpha value is -2.02. The zero-order valence-electron chi connectivity index (χ0n) is 12.9. The molecule has 132 valence electrons. The van der Waals surface area contributed by atoms with Crippen LogP contribution in [0.25, 0.3) is 0 Å². The van der Waals surface area contributed by atoms with Crippen molar-refractivity contribution in [2.75, 3.05) is 0 Å². The Kier molecular flexibility index (Phi) is 6.11. The fourth-order valence-electron chi connectivity index (χ4n) is 1.99. The Morgan fingerprint density at radius 3 is 2.28 bits per heavy atom. The number of ether oxygens (including phenoxy) is 1. The molecule has 25 heavy (non-hydrogen) atoms. The summed E-state index contributed by atoms with van der Waals surface area (Å²) in [5.74, 6) is -0.275. The third kappa shape index (κ3) is 5.22. The van der Waals surface area contributed by atoms with Crippen LogP contribution in [0.4, 0.5) is 5.69 Å². The van der Waals surface area contributed by atoms with E-state index in [1.54, 1.807) is 31.2 Å². The van der Waals surface area contributed by atoms with Gasteiger partial charge in [0.15, 0.2) is 0 Å². The van der Waals surface area contributed by atoms with Gasteiger partial charge in [-0.2, -0.15) is 0 Å². The molecule has 0 fully saturated rings. The molecule has 0 saturated carbocycles. The first kappa shape index (κ1) is 19.3. The van der Waals surface area contributed by atoms with Gasteiger partial charge in [-0.05, 0) is 30.7 Å². The van der Waals surface area contributed by atoms with E-state index in [1.807, 2.05) is 0 Å². The topological polar surface area (TPSA) is 81.5 Å². The zero-order chi connectivity index (χ0) is 18.6. The molecule has 1 atom stereocenters. The summed E-state index contributed by atoms with van der Waals surface area (Å²) in [4.78, 5) is 22.5. The highest BCUT2D eigenvalue weighted by molar-refractivity contribution is 6.68. The molecule has 0 aromatic heterocycles. The van der Waals surface area contributed by atoms with Gasteiger partial charge in [-0.1, -0.05) is 53.0 Å². The smallest absolute Gasteiger partial charge is 0.269 e. The number of amides is 1. The van der Waals surface area contributed by atoms with Gasteiger partial charge in [-0.15, -0.1) is 0 Å². The molecule has 0 unspecified atom stereocenters. The van der Waals surface area contributed by atoms with E-state index in [0.717, 1.165) is 5.56 Å². The van der Waals surface area contributed by atoms with E-state index in [4.69, 9.17) is 39.5 Å². The molecule has 0 saturated heterocycles. The lowest BCUT2D eigenvalue weighted by Gasteiger charge is -2.26. The Bertz CT molecular complexity index is 776. The summed E-state index contributed by atoms with van der Waals surface area (Å²) in [6, 6.07) is 12.1. The number of aryl methyl sites for hydroxylation is 1. The minimum absolute atomic E-state index is 0.110. The molecular weight excluding hydrogens is 391 g/mol. The number of carbonyl (C=O) groups is 1. The molecule has 0 aliphatic carbocycles. The van der Waals surface area contributed by atoms with Crippen LogP contribution in [-0.2, 0) is 0 Å². The van der Waals surface area contributed by atoms with Gasteiger partial charge in [0.05, 0.1) is 4.92 Å². The number of alkyl halides is 3. The maximum atomic E-state index is 12.4. The summed E-state index contributed by atoms with van der Waals surface area (Å²) in [6.07, 6.45) is -1.30. The van der Waals surface area contributed by atoms with Crippen LogP contribution in [0, 0.1) is 17.0 Å². The van der Waals surface area contributed by atoms with Gasteiger partial charge in [-0.25, -0.2) is 0 Å². The number of hydrogen-bond acceptors (Lipinski definition) is 4. The van der Waals surface area contributed by atoms with Crippen molar-refractivity contribution in [3.8, 4) is 5.75 Å². The molecule has 0 aliphatic rings. The molecule has 0 radical (unpaired) electrons. The van der Waals surface area contributed by atoms with Gasteiger partial charge < -0.3 is 10.1 Å². The van der Waals surface area contributed by atoms with E-state index in [-0.39, 0.29) is 11.4 Å². The van der Waals surface area contributed by atoms with Crippen LogP contribution in [0.3, 0.4) is 0 Å². The minimum atomic E-state index is -1.96. The first-order chi connectivity index (χ1) is 11.7. The van der Waals surface area contributed by atoms with E-state index < -0.39 is 20.9 Å². The molecule has 0 aliphatic heterocycles. The number of hydrogen-bond donors (Lipinski definition) is 1. The van der Waals surface area contributed by atoms with Gasteiger partial charge in [0.2, 0.25) is 10.0 Å². The second kappa shape index (κ2) is 7.91. The average molecular weight is 404 g/mol. The number of benzene rings is 2. The van der Waals surface area contributed by atoms with E-state index in [0.29, 0.717) is 5.56 Å². The molecule has 1 N–H and O–H groups in total. The number of nitro benzene ring substituents is 1. The highest BCUT2D eigenvalue weighted by atomic mass is 35.6. The molecule has 0 bridgehead atoms. The number of nitro groups is 1. The first-order valence-electron chi connectivity index (χ1n) is 7.03. The van der Waals surface area contributed by atoms with Crippen molar-refractivity contribution in [2.45, 2.75) is 16.9 Å². The zero-order valence-corrected chi connectivity index (χ0v) is 15.2. The van der Waals surface area contributed by atoms with Crippen molar-refractivity contribution in [2.24, 2.45) is 0 Å². The summed E-state index contributed by atoms with van der Waals surface area (Å²) >= 11 is 17.7. The summed E-state index contributed by atoms with van der Waals surface area (Å²) in [5, 5.41) is 13.2. The molecule has 0 heterocycles. The van der Waals surface area contributed by atoms with Crippen LogP contribution < -0.4 is 10.1 Å². The quantitative estimate of drug-likeness (QED) is 0.347. The summed E-state index contributed by atoms with van der Waals surface area (Å²) in [6.45, 7) is 1.77. The molecular formula is C16H13Cl3N2O4. The van der Waals surface area contributed by atoms with Crippen LogP contribution >= 0.6 is 34.8 Å². The maximum Gasteiger partial charge on any atom is 0.269 e. The predicted molar refractivity (Wildman–Crippen MR) is 96.4 cm³/mol. The molecule has 1 amide bonds. The van der Waals surface area contributed by atoms with Crippen LogP contribution in [0.2, 0.25) is 0 Å². The Morgan fingerprint density at radius 2 is 1.76 bits per heavy atom. The fraction of sp³-hybridized carbons (Fsp3) is 0.188. The van der Waals surface area contributed by atoms with Gasteiger partial charge in [0.25, 0.3) is 11.6 Å². The highest BCUT2D eigenvalue weighted by Crippen LogP contribution is 2.32. The third-order valence-electron chi connectivity index (χ3n) is 3.25. The number of nitrogens with zero attached hydrogens (tertiary/aromatic N) is 1. The molecule has 9 heteroatoms. The normalized spacial score (nSPS) is 12.3. The summed E-state index contributed by atoms with van der Waals surface area (Å²) in [5.41, 5.74) is 1.05. The lowest BCUT2D eigenvalue weighted by Crippen LogP contribution is -2.48. The van der Waals surface area contributed by atoms with E-state index in [1.165, 1.54) is 24.3 Å². The Morgan fingerprint density at radius 1 is 1.16 bits per heavy atom. The number of halogens is 3.